The Morgan fingerprint density at radius 3 is 2.69 bits per heavy atom. The highest BCUT2D eigenvalue weighted by atomic mass is 16.6. The number of cyclic esters (lactones) is 1. The van der Waals surface area contributed by atoms with Gasteiger partial charge >= 0.3 is 6.09 Å². The van der Waals surface area contributed by atoms with Crippen LogP contribution in [-0.4, -0.2) is 52.9 Å². The second-order valence-corrected chi connectivity index (χ2v) is 8.05. The highest BCUT2D eigenvalue weighted by molar-refractivity contribution is 6.00. The number of carbonyl (C=O) groups is 2. The van der Waals surface area contributed by atoms with Gasteiger partial charge in [-0.15, -0.1) is 0 Å². The van der Waals surface area contributed by atoms with E-state index in [1.54, 1.807) is 18.4 Å². The molecular formula is C27H28N2O7. The lowest BCUT2D eigenvalue weighted by Gasteiger charge is -2.13. The molecule has 0 bridgehead atoms. The molecule has 1 atom stereocenters. The van der Waals surface area contributed by atoms with Gasteiger partial charge in [0, 0.05) is 6.08 Å². The molecule has 1 aliphatic rings. The lowest BCUT2D eigenvalue weighted by Crippen LogP contribution is -2.33. The number of rotatable bonds is 12. The number of amides is 2. The molecule has 1 N–H and O–H groups in total. The Balaban J connectivity index is 1.34. The molecule has 1 unspecified atom stereocenters. The van der Waals surface area contributed by atoms with Crippen LogP contribution in [0.3, 0.4) is 0 Å². The van der Waals surface area contributed by atoms with Crippen molar-refractivity contribution in [1.82, 2.24) is 9.88 Å². The molecular weight excluding hydrogens is 464 g/mol. The first kappa shape index (κ1) is 25.0. The molecule has 188 valence electrons. The third kappa shape index (κ3) is 6.31. The predicted molar refractivity (Wildman–Crippen MR) is 131 cm³/mol. The van der Waals surface area contributed by atoms with E-state index in [1.165, 1.54) is 0 Å². The fourth-order valence-electron chi connectivity index (χ4n) is 3.73. The van der Waals surface area contributed by atoms with Crippen molar-refractivity contribution in [3.05, 3.63) is 77.5 Å². The third-order valence-electron chi connectivity index (χ3n) is 5.49. The molecule has 1 fully saturated rings. The molecule has 2 amide bonds. The zero-order chi connectivity index (χ0) is 25.3. The van der Waals surface area contributed by atoms with Crippen LogP contribution in [-0.2, 0) is 22.6 Å². The van der Waals surface area contributed by atoms with Crippen molar-refractivity contribution in [1.29, 1.82) is 0 Å². The average molecular weight is 493 g/mol. The summed E-state index contributed by atoms with van der Waals surface area (Å²) < 4.78 is 22.3. The summed E-state index contributed by atoms with van der Waals surface area (Å²) >= 11 is 0. The SMILES string of the molecule is CCOc1cc(CCC2OC(=O)N(CCO)C2=O)ccc1OCc1coc(C=Cc2ccccc2)n1. The molecule has 0 saturated carbocycles. The minimum Gasteiger partial charge on any atom is -0.490 e. The summed E-state index contributed by atoms with van der Waals surface area (Å²) in [6, 6.07) is 15.4. The smallest absolute Gasteiger partial charge is 0.417 e. The topological polar surface area (TPSA) is 111 Å². The highest BCUT2D eigenvalue weighted by Gasteiger charge is 2.39. The summed E-state index contributed by atoms with van der Waals surface area (Å²) in [7, 11) is 0. The van der Waals surface area contributed by atoms with Crippen molar-refractivity contribution in [3.63, 3.8) is 0 Å². The molecule has 9 nitrogen and oxygen atoms in total. The Morgan fingerprint density at radius 2 is 1.92 bits per heavy atom. The van der Waals surface area contributed by atoms with Gasteiger partial charge < -0.3 is 23.7 Å². The molecule has 1 saturated heterocycles. The first-order valence-corrected chi connectivity index (χ1v) is 11.8. The fraction of sp³-hybridized carbons (Fsp3) is 0.296. The Kier molecular flexibility index (Phi) is 8.36. The minimum absolute atomic E-state index is 0.0645. The number of aromatic nitrogens is 1. The van der Waals surface area contributed by atoms with Crippen LogP contribution in [0.15, 0.2) is 59.2 Å². The number of oxazole rings is 1. The van der Waals surface area contributed by atoms with E-state index in [0.717, 1.165) is 16.0 Å². The van der Waals surface area contributed by atoms with Gasteiger partial charge in [0.15, 0.2) is 17.6 Å². The van der Waals surface area contributed by atoms with Crippen molar-refractivity contribution in [2.24, 2.45) is 0 Å². The van der Waals surface area contributed by atoms with Crippen molar-refractivity contribution in [2.75, 3.05) is 19.8 Å². The number of ether oxygens (including phenoxy) is 3. The van der Waals surface area contributed by atoms with Gasteiger partial charge in [-0.25, -0.2) is 14.7 Å². The molecule has 2 heterocycles. The summed E-state index contributed by atoms with van der Waals surface area (Å²) in [5, 5.41) is 9.01. The third-order valence-corrected chi connectivity index (χ3v) is 5.49. The van der Waals surface area contributed by atoms with Gasteiger partial charge in [-0.3, -0.25) is 4.79 Å². The van der Waals surface area contributed by atoms with Crippen LogP contribution >= 0.6 is 0 Å². The molecule has 1 aromatic heterocycles. The molecule has 0 spiro atoms. The summed E-state index contributed by atoms with van der Waals surface area (Å²) in [4.78, 5) is 29.4. The van der Waals surface area contributed by atoms with Gasteiger partial charge in [0.05, 0.1) is 19.8 Å². The van der Waals surface area contributed by atoms with Crippen LogP contribution in [0.5, 0.6) is 11.5 Å². The van der Waals surface area contributed by atoms with E-state index in [4.69, 9.17) is 23.7 Å². The molecule has 0 aliphatic carbocycles. The maximum Gasteiger partial charge on any atom is 0.417 e. The molecule has 4 rings (SSSR count). The monoisotopic (exact) mass is 492 g/mol. The number of aryl methyl sites for hydroxylation is 1. The van der Waals surface area contributed by atoms with E-state index in [1.807, 2.05) is 55.5 Å². The van der Waals surface area contributed by atoms with Crippen molar-refractivity contribution in [3.8, 4) is 11.5 Å². The van der Waals surface area contributed by atoms with Crippen LogP contribution < -0.4 is 9.47 Å². The highest BCUT2D eigenvalue weighted by Crippen LogP contribution is 2.30. The second kappa shape index (κ2) is 12.0. The van der Waals surface area contributed by atoms with Gasteiger partial charge in [-0.2, -0.15) is 0 Å². The number of nitrogens with zero attached hydrogens (tertiary/aromatic N) is 2. The predicted octanol–water partition coefficient (Wildman–Crippen LogP) is 4.10. The van der Waals surface area contributed by atoms with Crippen LogP contribution in [0.25, 0.3) is 12.2 Å². The average Bonchev–Trinajstić information content (AvgIpc) is 3.46. The van der Waals surface area contributed by atoms with Crippen molar-refractivity contribution in [2.45, 2.75) is 32.5 Å². The number of hydrogen-bond acceptors (Lipinski definition) is 8. The van der Waals surface area contributed by atoms with Crippen LogP contribution in [0, 0.1) is 0 Å². The van der Waals surface area contributed by atoms with Crippen molar-refractivity contribution >= 4 is 24.2 Å². The number of β-amino-alcohol motifs (C(OH)–C–C–N with tert-alkyl or cyclic N) is 1. The Labute approximate surface area is 208 Å². The standard InChI is InChI=1S/C27H28N2O7/c1-2-33-24-16-20(9-12-23-26(31)29(14-15-30)27(32)36-23)8-11-22(24)34-17-21-18-35-25(28-21)13-10-19-6-4-3-5-7-19/h3-8,10-11,13,16,18,23,30H,2,9,12,14-15,17H2,1H3. The van der Waals surface area contributed by atoms with Gasteiger partial charge in [0.2, 0.25) is 5.89 Å². The normalized spacial score (nSPS) is 15.5. The minimum atomic E-state index is -0.854. The van der Waals surface area contributed by atoms with E-state index < -0.39 is 18.1 Å². The lowest BCUT2D eigenvalue weighted by atomic mass is 10.1. The number of aliphatic hydroxyl groups is 1. The van der Waals surface area contributed by atoms with E-state index in [-0.39, 0.29) is 19.8 Å². The van der Waals surface area contributed by atoms with Crippen LogP contribution in [0.1, 0.15) is 36.1 Å². The van der Waals surface area contributed by atoms with Gasteiger partial charge in [0.1, 0.15) is 18.6 Å². The molecule has 1 aliphatic heterocycles. The molecule has 0 radical (unpaired) electrons. The number of benzene rings is 2. The molecule has 9 heteroatoms. The van der Waals surface area contributed by atoms with Gasteiger partial charge in [-0.05, 0) is 49.1 Å². The summed E-state index contributed by atoms with van der Waals surface area (Å²) in [6.07, 6.45) is 4.53. The summed E-state index contributed by atoms with van der Waals surface area (Å²) in [5.41, 5.74) is 2.60. The van der Waals surface area contributed by atoms with E-state index >= 15 is 0 Å². The molecule has 2 aromatic carbocycles. The quantitative estimate of drug-likeness (QED) is 0.402. The van der Waals surface area contributed by atoms with Crippen LogP contribution in [0.2, 0.25) is 0 Å². The summed E-state index contributed by atoms with van der Waals surface area (Å²) in [6.45, 7) is 2.17. The Bertz CT molecular complexity index is 1210. The van der Waals surface area contributed by atoms with E-state index in [9.17, 15) is 9.59 Å². The molecule has 36 heavy (non-hydrogen) atoms. The maximum absolute atomic E-state index is 12.3. The van der Waals surface area contributed by atoms with Crippen LogP contribution in [0.4, 0.5) is 4.79 Å². The van der Waals surface area contributed by atoms with Gasteiger partial charge in [0.25, 0.3) is 5.91 Å². The fourth-order valence-corrected chi connectivity index (χ4v) is 3.73. The Hall–Kier alpha value is -4.11. The number of hydrogen-bond donors (Lipinski definition) is 1. The number of imide groups is 1. The van der Waals surface area contributed by atoms with Crippen molar-refractivity contribution < 1.29 is 33.3 Å². The maximum atomic E-state index is 12.3. The largest absolute Gasteiger partial charge is 0.490 e. The number of carbonyl (C=O) groups excluding carboxylic acids is 2. The van der Waals surface area contributed by atoms with E-state index in [2.05, 4.69) is 4.98 Å². The van der Waals surface area contributed by atoms with E-state index in [0.29, 0.717) is 42.5 Å². The second-order valence-electron chi connectivity index (χ2n) is 8.05. The number of aliphatic hydroxyl groups excluding tert-OH is 1. The summed E-state index contributed by atoms with van der Waals surface area (Å²) in [5.74, 6) is 1.18. The van der Waals surface area contributed by atoms with Gasteiger partial charge in [-0.1, -0.05) is 36.4 Å². The first-order chi connectivity index (χ1) is 17.6. The first-order valence-electron chi connectivity index (χ1n) is 11.8. The Morgan fingerprint density at radius 1 is 1.08 bits per heavy atom. The zero-order valence-electron chi connectivity index (χ0n) is 20.0. The lowest BCUT2D eigenvalue weighted by molar-refractivity contribution is -0.130. The zero-order valence-corrected chi connectivity index (χ0v) is 20.0. The molecule has 3 aromatic rings.